The van der Waals surface area contributed by atoms with Gasteiger partial charge in [-0.05, 0) is 48.5 Å². The van der Waals surface area contributed by atoms with Crippen LogP contribution >= 0.6 is 0 Å². The van der Waals surface area contributed by atoms with Crippen LogP contribution in [0.4, 0.5) is 27.5 Å². The highest BCUT2D eigenvalue weighted by atomic mass is 19.1. The molecule has 0 aliphatic carbocycles. The van der Waals surface area contributed by atoms with E-state index in [0.29, 0.717) is 17.1 Å². The van der Waals surface area contributed by atoms with Crippen LogP contribution in [0.2, 0.25) is 0 Å². The molecule has 0 bridgehead atoms. The molecule has 6 nitrogen and oxygen atoms in total. The van der Waals surface area contributed by atoms with Crippen LogP contribution in [0.15, 0.2) is 54.7 Å². The van der Waals surface area contributed by atoms with E-state index in [1.54, 1.807) is 36.4 Å². The van der Waals surface area contributed by atoms with E-state index < -0.39 is 0 Å². The molecular weight excluding hydrogens is 295 g/mol. The van der Waals surface area contributed by atoms with Crippen LogP contribution in [0.1, 0.15) is 5.56 Å². The second-order valence-electron chi connectivity index (χ2n) is 4.61. The Balaban J connectivity index is 1.74. The smallest absolute Gasteiger partial charge is 0.249 e. The number of rotatable bonds is 4. The predicted octanol–water partition coefficient (Wildman–Crippen LogP) is 3.37. The first-order valence-electron chi connectivity index (χ1n) is 6.72. The molecule has 3 rings (SSSR count). The van der Waals surface area contributed by atoms with Gasteiger partial charge in [0, 0.05) is 11.4 Å². The van der Waals surface area contributed by atoms with Crippen molar-refractivity contribution in [2.24, 2.45) is 0 Å². The number of hydrogen-bond donors (Lipinski definition) is 2. The molecule has 2 N–H and O–H groups in total. The average molecular weight is 306 g/mol. The molecule has 0 atom stereocenters. The van der Waals surface area contributed by atoms with Gasteiger partial charge < -0.3 is 10.6 Å². The highest BCUT2D eigenvalue weighted by Gasteiger charge is 2.02. The molecule has 0 saturated heterocycles. The number of anilines is 4. The Labute approximate surface area is 131 Å². The maximum absolute atomic E-state index is 12.9. The lowest BCUT2D eigenvalue weighted by Crippen LogP contribution is -2.02. The van der Waals surface area contributed by atoms with Crippen LogP contribution in [-0.4, -0.2) is 15.2 Å². The molecule has 1 heterocycles. The van der Waals surface area contributed by atoms with Crippen molar-refractivity contribution >= 4 is 23.1 Å². The van der Waals surface area contributed by atoms with Gasteiger partial charge in [-0.2, -0.15) is 15.3 Å². The minimum Gasteiger partial charge on any atom is -0.339 e. The van der Waals surface area contributed by atoms with Crippen molar-refractivity contribution < 1.29 is 4.39 Å². The van der Waals surface area contributed by atoms with E-state index in [2.05, 4.69) is 31.9 Å². The summed E-state index contributed by atoms with van der Waals surface area (Å²) in [4.78, 5) is 4.27. The van der Waals surface area contributed by atoms with Crippen molar-refractivity contribution in [2.75, 3.05) is 10.6 Å². The number of nitrogens with zero attached hydrogens (tertiary/aromatic N) is 4. The third kappa shape index (κ3) is 3.77. The fraction of sp³-hybridized carbons (Fsp3) is 0. The molecule has 0 amide bonds. The van der Waals surface area contributed by atoms with Gasteiger partial charge in [0.2, 0.25) is 5.95 Å². The molecule has 23 heavy (non-hydrogen) atoms. The topological polar surface area (TPSA) is 86.5 Å². The minimum absolute atomic E-state index is 0.287. The molecule has 0 saturated carbocycles. The number of halogens is 1. The van der Waals surface area contributed by atoms with Gasteiger partial charge in [0.15, 0.2) is 5.82 Å². The summed E-state index contributed by atoms with van der Waals surface area (Å²) in [5, 5.41) is 22.5. The molecule has 3 aromatic rings. The number of nitrogens with one attached hydrogen (secondary N) is 2. The summed E-state index contributed by atoms with van der Waals surface area (Å²) >= 11 is 0. The first kappa shape index (κ1) is 14.4. The van der Waals surface area contributed by atoms with Gasteiger partial charge in [-0.15, -0.1) is 5.10 Å². The molecule has 0 fully saturated rings. The third-order valence-corrected chi connectivity index (χ3v) is 2.95. The lowest BCUT2D eigenvalue weighted by Gasteiger charge is -2.07. The zero-order valence-electron chi connectivity index (χ0n) is 11.9. The molecule has 0 spiro atoms. The number of nitriles is 1. The molecule has 112 valence electrons. The zero-order chi connectivity index (χ0) is 16.1. The van der Waals surface area contributed by atoms with E-state index in [1.165, 1.54) is 18.3 Å². The summed E-state index contributed by atoms with van der Waals surface area (Å²) in [5.74, 6) is 0.468. The number of hydrogen-bond acceptors (Lipinski definition) is 6. The molecule has 0 radical (unpaired) electrons. The first-order chi connectivity index (χ1) is 11.2. The molecule has 7 heteroatoms. The summed E-state index contributed by atoms with van der Waals surface area (Å²) in [7, 11) is 0. The largest absolute Gasteiger partial charge is 0.339 e. The van der Waals surface area contributed by atoms with E-state index in [9.17, 15) is 4.39 Å². The van der Waals surface area contributed by atoms with Crippen molar-refractivity contribution in [3.63, 3.8) is 0 Å². The summed E-state index contributed by atoms with van der Waals surface area (Å²) < 4.78 is 12.9. The zero-order valence-corrected chi connectivity index (χ0v) is 11.9. The number of benzene rings is 2. The monoisotopic (exact) mass is 306 g/mol. The normalized spacial score (nSPS) is 9.91. The molecule has 0 unspecified atom stereocenters. The lowest BCUT2D eigenvalue weighted by molar-refractivity contribution is 0.628. The van der Waals surface area contributed by atoms with Crippen LogP contribution < -0.4 is 10.6 Å². The Morgan fingerprint density at radius 2 is 1.57 bits per heavy atom. The maximum atomic E-state index is 12.9. The van der Waals surface area contributed by atoms with Crippen LogP contribution in [0.3, 0.4) is 0 Å². The standard InChI is InChI=1S/C16H11FN6/c17-12-3-7-14(8-4-12)21-16-22-15(10-19-23-16)20-13-5-1-11(9-18)2-6-13/h1-8,10H,(H2,20,21,22,23). The highest BCUT2D eigenvalue weighted by Crippen LogP contribution is 2.17. The Morgan fingerprint density at radius 3 is 2.26 bits per heavy atom. The van der Waals surface area contributed by atoms with Crippen molar-refractivity contribution in [2.45, 2.75) is 0 Å². The molecule has 1 aromatic heterocycles. The first-order valence-corrected chi connectivity index (χ1v) is 6.72. The van der Waals surface area contributed by atoms with E-state index in [4.69, 9.17) is 5.26 Å². The Hall–Kier alpha value is -3.53. The summed E-state index contributed by atoms with van der Waals surface area (Å²) in [5.41, 5.74) is 2.01. The van der Waals surface area contributed by atoms with Crippen molar-refractivity contribution in [3.05, 3.63) is 66.1 Å². The van der Waals surface area contributed by atoms with Crippen LogP contribution in [-0.2, 0) is 0 Å². The second-order valence-corrected chi connectivity index (χ2v) is 4.61. The van der Waals surface area contributed by atoms with Crippen molar-refractivity contribution in [1.29, 1.82) is 5.26 Å². The lowest BCUT2D eigenvalue weighted by atomic mass is 10.2. The van der Waals surface area contributed by atoms with E-state index in [-0.39, 0.29) is 11.8 Å². The van der Waals surface area contributed by atoms with Crippen molar-refractivity contribution in [3.8, 4) is 6.07 Å². The number of aromatic nitrogens is 3. The Morgan fingerprint density at radius 1 is 0.913 bits per heavy atom. The Kier molecular flexibility index (Phi) is 4.07. The Bertz CT molecular complexity index is 840. The van der Waals surface area contributed by atoms with Gasteiger partial charge in [0.25, 0.3) is 0 Å². The van der Waals surface area contributed by atoms with Crippen LogP contribution in [0, 0.1) is 17.1 Å². The quantitative estimate of drug-likeness (QED) is 0.768. The third-order valence-electron chi connectivity index (χ3n) is 2.95. The summed E-state index contributed by atoms with van der Waals surface area (Å²) in [6.45, 7) is 0. The minimum atomic E-state index is -0.314. The van der Waals surface area contributed by atoms with Gasteiger partial charge in [-0.25, -0.2) is 4.39 Å². The fourth-order valence-corrected chi connectivity index (χ4v) is 1.86. The van der Waals surface area contributed by atoms with Gasteiger partial charge in [0.05, 0.1) is 17.8 Å². The van der Waals surface area contributed by atoms with Crippen molar-refractivity contribution in [1.82, 2.24) is 15.2 Å². The van der Waals surface area contributed by atoms with Gasteiger partial charge >= 0.3 is 0 Å². The predicted molar refractivity (Wildman–Crippen MR) is 83.9 cm³/mol. The molecule has 0 aliphatic rings. The molecular formula is C16H11FN6. The second kappa shape index (κ2) is 6.49. The summed E-state index contributed by atoms with van der Waals surface area (Å²) in [6.07, 6.45) is 1.48. The average Bonchev–Trinajstić information content (AvgIpc) is 2.58. The van der Waals surface area contributed by atoms with Gasteiger partial charge in [-0.1, -0.05) is 0 Å². The van der Waals surface area contributed by atoms with Gasteiger partial charge in [-0.3, -0.25) is 0 Å². The van der Waals surface area contributed by atoms with E-state index in [0.717, 1.165) is 5.69 Å². The van der Waals surface area contributed by atoms with E-state index >= 15 is 0 Å². The maximum Gasteiger partial charge on any atom is 0.249 e. The fourth-order valence-electron chi connectivity index (χ4n) is 1.86. The van der Waals surface area contributed by atoms with Crippen LogP contribution in [0.5, 0.6) is 0 Å². The molecule has 0 aliphatic heterocycles. The van der Waals surface area contributed by atoms with Crippen LogP contribution in [0.25, 0.3) is 0 Å². The highest BCUT2D eigenvalue weighted by molar-refractivity contribution is 5.59. The van der Waals surface area contributed by atoms with E-state index in [1.807, 2.05) is 0 Å². The summed E-state index contributed by atoms with van der Waals surface area (Å²) in [6, 6.07) is 14.9. The molecule has 2 aromatic carbocycles. The van der Waals surface area contributed by atoms with Gasteiger partial charge in [0.1, 0.15) is 5.82 Å². The SMILES string of the molecule is N#Cc1ccc(Nc2cnnc(Nc3ccc(F)cc3)n2)cc1.